The van der Waals surface area contributed by atoms with Gasteiger partial charge < -0.3 is 10.6 Å². The first-order valence-electron chi connectivity index (χ1n) is 6.53. The largest absolute Gasteiger partial charge is 0.384 e. The maximum Gasteiger partial charge on any atom is 0.152 e. The number of amidine groups is 1. The van der Waals surface area contributed by atoms with Gasteiger partial charge in [0.05, 0.1) is 5.02 Å². The fraction of sp³-hybridized carbons (Fsp3) is 0.200. The number of nitrogen functional groups attached to an aromatic ring is 1. The Morgan fingerprint density at radius 3 is 2.90 bits per heavy atom. The lowest BCUT2D eigenvalue weighted by Gasteiger charge is -2.31. The van der Waals surface area contributed by atoms with Crippen molar-refractivity contribution in [2.24, 2.45) is 5.73 Å². The summed E-state index contributed by atoms with van der Waals surface area (Å²) in [4.78, 5) is 6.49. The average molecular weight is 287 g/mol. The van der Waals surface area contributed by atoms with Crippen LogP contribution in [0.15, 0.2) is 36.5 Å². The van der Waals surface area contributed by atoms with Crippen molar-refractivity contribution in [3.63, 3.8) is 0 Å². The van der Waals surface area contributed by atoms with Gasteiger partial charge in [0.2, 0.25) is 0 Å². The van der Waals surface area contributed by atoms with Crippen LogP contribution in [0.4, 0.5) is 11.5 Å². The number of pyridine rings is 1. The summed E-state index contributed by atoms with van der Waals surface area (Å²) in [6.07, 6.45) is 3.77. The second-order valence-corrected chi connectivity index (χ2v) is 5.17. The van der Waals surface area contributed by atoms with Gasteiger partial charge in [-0.2, -0.15) is 0 Å². The first-order chi connectivity index (χ1) is 9.68. The minimum atomic E-state index is -0.0380. The Labute approximate surface area is 122 Å². The molecule has 3 N–H and O–H groups in total. The van der Waals surface area contributed by atoms with Gasteiger partial charge in [-0.25, -0.2) is 4.98 Å². The smallest absolute Gasteiger partial charge is 0.152 e. The van der Waals surface area contributed by atoms with Crippen LogP contribution in [0.25, 0.3) is 0 Å². The number of rotatable bonds is 2. The van der Waals surface area contributed by atoms with Gasteiger partial charge in [0.1, 0.15) is 5.84 Å². The normalized spacial score (nSPS) is 13.9. The molecule has 0 fully saturated rings. The highest BCUT2D eigenvalue weighted by Gasteiger charge is 2.22. The molecule has 0 bridgehead atoms. The van der Waals surface area contributed by atoms with Crippen LogP contribution in [0.2, 0.25) is 5.02 Å². The van der Waals surface area contributed by atoms with Crippen LogP contribution >= 0.6 is 11.6 Å². The molecule has 0 aliphatic carbocycles. The first kappa shape index (κ1) is 12.9. The van der Waals surface area contributed by atoms with Crippen LogP contribution in [0.5, 0.6) is 0 Å². The lowest BCUT2D eigenvalue weighted by molar-refractivity contribution is 0.760. The standard InChI is InChI=1S/C15H15ClN4/c16-13-11(14(17)18)7-8-19-15(13)20-9-3-5-10-4-1-2-6-12(10)20/h1-2,4,6-8H,3,5,9H2,(H3,17,18). The van der Waals surface area contributed by atoms with E-state index in [2.05, 4.69) is 22.0 Å². The maximum absolute atomic E-state index is 7.58. The number of halogens is 1. The molecule has 1 aromatic carbocycles. The van der Waals surface area contributed by atoms with E-state index in [1.165, 1.54) is 5.56 Å². The quantitative estimate of drug-likeness (QED) is 0.658. The van der Waals surface area contributed by atoms with Crippen LogP contribution in [-0.4, -0.2) is 17.4 Å². The van der Waals surface area contributed by atoms with Crippen LogP contribution in [0, 0.1) is 5.41 Å². The summed E-state index contributed by atoms with van der Waals surface area (Å²) in [5.41, 5.74) is 8.52. The number of para-hydroxylation sites is 1. The van der Waals surface area contributed by atoms with E-state index in [0.717, 1.165) is 25.1 Å². The van der Waals surface area contributed by atoms with Crippen LogP contribution in [-0.2, 0) is 6.42 Å². The molecule has 1 aliphatic rings. The van der Waals surface area contributed by atoms with Gasteiger partial charge in [0.15, 0.2) is 5.82 Å². The zero-order valence-corrected chi connectivity index (χ0v) is 11.7. The molecule has 3 rings (SSSR count). The molecule has 4 nitrogen and oxygen atoms in total. The number of hydrogen-bond donors (Lipinski definition) is 2. The van der Waals surface area contributed by atoms with Gasteiger partial charge in [-0.05, 0) is 30.5 Å². The highest BCUT2D eigenvalue weighted by atomic mass is 35.5. The molecule has 2 heterocycles. The van der Waals surface area contributed by atoms with E-state index in [1.54, 1.807) is 12.3 Å². The third-order valence-electron chi connectivity index (χ3n) is 3.53. The molecule has 0 amide bonds. The van der Waals surface area contributed by atoms with Gasteiger partial charge in [-0.3, -0.25) is 5.41 Å². The monoisotopic (exact) mass is 286 g/mol. The van der Waals surface area contributed by atoms with Crippen LogP contribution < -0.4 is 10.6 Å². The number of nitrogens with zero attached hydrogens (tertiary/aromatic N) is 2. The molecule has 0 saturated carbocycles. The number of aromatic nitrogens is 1. The van der Waals surface area contributed by atoms with E-state index in [0.29, 0.717) is 16.4 Å². The van der Waals surface area contributed by atoms with E-state index in [1.807, 2.05) is 12.1 Å². The number of aryl methyl sites for hydroxylation is 1. The molecule has 102 valence electrons. The topological polar surface area (TPSA) is 66.0 Å². The minimum Gasteiger partial charge on any atom is -0.384 e. The third kappa shape index (κ3) is 2.12. The predicted molar refractivity (Wildman–Crippen MR) is 82.0 cm³/mol. The maximum atomic E-state index is 7.58. The molecule has 0 unspecified atom stereocenters. The van der Waals surface area contributed by atoms with Crippen molar-refractivity contribution in [3.05, 3.63) is 52.7 Å². The molecule has 0 spiro atoms. The highest BCUT2D eigenvalue weighted by molar-refractivity contribution is 6.36. The van der Waals surface area contributed by atoms with Gasteiger partial charge in [-0.1, -0.05) is 29.8 Å². The third-order valence-corrected chi connectivity index (χ3v) is 3.90. The summed E-state index contributed by atoms with van der Waals surface area (Å²) < 4.78 is 0. The Morgan fingerprint density at radius 2 is 2.10 bits per heavy atom. The summed E-state index contributed by atoms with van der Waals surface area (Å²) in [6.45, 7) is 0.866. The molecule has 0 radical (unpaired) electrons. The summed E-state index contributed by atoms with van der Waals surface area (Å²) in [5.74, 6) is 0.635. The molecular weight excluding hydrogens is 272 g/mol. The molecule has 20 heavy (non-hydrogen) atoms. The van der Waals surface area contributed by atoms with Gasteiger partial charge >= 0.3 is 0 Å². The number of nitrogens with two attached hydrogens (primary N) is 1. The fourth-order valence-corrected chi connectivity index (χ4v) is 2.90. The molecule has 5 heteroatoms. The minimum absolute atomic E-state index is 0.0380. The van der Waals surface area contributed by atoms with Crippen molar-refractivity contribution < 1.29 is 0 Å². The summed E-state index contributed by atoms with van der Waals surface area (Å²) in [7, 11) is 0. The lowest BCUT2D eigenvalue weighted by Crippen LogP contribution is -2.26. The van der Waals surface area contributed by atoms with E-state index in [4.69, 9.17) is 22.7 Å². The highest BCUT2D eigenvalue weighted by Crippen LogP contribution is 2.36. The fourth-order valence-electron chi connectivity index (χ4n) is 2.58. The predicted octanol–water partition coefficient (Wildman–Crippen LogP) is 3.10. The second kappa shape index (κ2) is 5.13. The number of fused-ring (bicyclic) bond motifs is 1. The van der Waals surface area contributed by atoms with E-state index >= 15 is 0 Å². The summed E-state index contributed by atoms with van der Waals surface area (Å²) in [5, 5.41) is 8.02. The molecular formula is C15H15ClN4. The average Bonchev–Trinajstić information content (AvgIpc) is 2.47. The molecule has 0 saturated heterocycles. The Kier molecular flexibility index (Phi) is 3.32. The molecule has 1 aliphatic heterocycles. The first-order valence-corrected chi connectivity index (χ1v) is 6.90. The van der Waals surface area contributed by atoms with Crippen molar-refractivity contribution >= 4 is 28.9 Å². The summed E-state index contributed by atoms with van der Waals surface area (Å²) in [6, 6.07) is 9.93. The van der Waals surface area contributed by atoms with Crippen molar-refractivity contribution in [3.8, 4) is 0 Å². The van der Waals surface area contributed by atoms with E-state index in [9.17, 15) is 0 Å². The Bertz CT molecular complexity index is 669. The van der Waals surface area contributed by atoms with Crippen molar-refractivity contribution in [2.45, 2.75) is 12.8 Å². The second-order valence-electron chi connectivity index (χ2n) is 4.79. The number of hydrogen-bond acceptors (Lipinski definition) is 3. The SMILES string of the molecule is N=C(N)c1ccnc(N2CCCc3ccccc32)c1Cl. The number of benzene rings is 1. The zero-order valence-electron chi connectivity index (χ0n) is 10.9. The van der Waals surface area contributed by atoms with Crippen LogP contribution in [0.1, 0.15) is 17.5 Å². The van der Waals surface area contributed by atoms with Gasteiger partial charge in [0.25, 0.3) is 0 Å². The van der Waals surface area contributed by atoms with Gasteiger partial charge in [0, 0.05) is 24.0 Å². The Balaban J connectivity index is 2.11. The van der Waals surface area contributed by atoms with Crippen molar-refractivity contribution in [1.82, 2.24) is 4.98 Å². The molecule has 0 atom stereocenters. The zero-order chi connectivity index (χ0) is 14.1. The van der Waals surface area contributed by atoms with E-state index in [-0.39, 0.29) is 5.84 Å². The number of anilines is 2. The van der Waals surface area contributed by atoms with Crippen molar-refractivity contribution in [1.29, 1.82) is 5.41 Å². The van der Waals surface area contributed by atoms with Crippen LogP contribution in [0.3, 0.4) is 0 Å². The molecule has 1 aromatic heterocycles. The Morgan fingerprint density at radius 1 is 1.30 bits per heavy atom. The lowest BCUT2D eigenvalue weighted by atomic mass is 10.0. The van der Waals surface area contributed by atoms with Gasteiger partial charge in [-0.15, -0.1) is 0 Å². The Hall–Kier alpha value is -2.07. The van der Waals surface area contributed by atoms with Crippen molar-refractivity contribution in [2.75, 3.05) is 11.4 Å². The summed E-state index contributed by atoms with van der Waals surface area (Å²) >= 11 is 6.38. The number of nitrogens with one attached hydrogen (secondary N) is 1. The molecule has 2 aromatic rings. The van der Waals surface area contributed by atoms with E-state index < -0.39 is 0 Å².